The van der Waals surface area contributed by atoms with E-state index in [4.69, 9.17) is 23.8 Å². The quantitative estimate of drug-likeness (QED) is 0.610. The van der Waals surface area contributed by atoms with Crippen molar-refractivity contribution in [2.24, 2.45) is 0 Å². The van der Waals surface area contributed by atoms with Crippen LogP contribution in [0, 0.1) is 11.3 Å². The van der Waals surface area contributed by atoms with Crippen LogP contribution in [0.5, 0.6) is 0 Å². The van der Waals surface area contributed by atoms with E-state index >= 15 is 0 Å². The van der Waals surface area contributed by atoms with Crippen molar-refractivity contribution < 1.29 is 4.79 Å². The highest BCUT2D eigenvalue weighted by molar-refractivity contribution is 8.24. The van der Waals surface area contributed by atoms with Gasteiger partial charge in [0.1, 0.15) is 4.75 Å². The maximum Gasteiger partial charge on any atom is 0.221 e. The average molecular weight is 298 g/mol. The minimum atomic E-state index is -0.725. The summed E-state index contributed by atoms with van der Waals surface area (Å²) in [6, 6.07) is 11.7. The second-order valence-corrected chi connectivity index (χ2v) is 6.55. The largest absolute Gasteiger partial charge is 0.281 e. The third kappa shape index (κ3) is 4.77. The van der Waals surface area contributed by atoms with Crippen LogP contribution < -0.4 is 0 Å². The van der Waals surface area contributed by atoms with Gasteiger partial charge in [0.25, 0.3) is 0 Å². The molecule has 0 aromatic heterocycles. The Kier molecular flexibility index (Phi) is 5.80. The molecule has 0 aliphatic heterocycles. The maximum absolute atomic E-state index is 10.8. The van der Waals surface area contributed by atoms with Gasteiger partial charge in [-0.3, -0.25) is 4.79 Å². The van der Waals surface area contributed by atoms with Crippen molar-refractivity contribution >= 4 is 45.0 Å². The number of thioether (sulfide) groups is 1. The Labute approximate surface area is 121 Å². The van der Waals surface area contributed by atoms with Crippen LogP contribution in [0.2, 0.25) is 0 Å². The minimum Gasteiger partial charge on any atom is -0.281 e. The van der Waals surface area contributed by atoms with Gasteiger partial charge in [0.05, 0.1) is 10.3 Å². The molecule has 1 aromatic rings. The summed E-state index contributed by atoms with van der Waals surface area (Å²) in [4.78, 5) is 10.8. The monoisotopic (exact) mass is 297 g/mol. The molecular weight excluding hydrogens is 286 g/mol. The van der Waals surface area contributed by atoms with Gasteiger partial charge < -0.3 is 0 Å². The molecule has 1 atom stereocenters. The van der Waals surface area contributed by atoms with Crippen LogP contribution in [-0.2, 0) is 4.79 Å². The van der Waals surface area contributed by atoms with Gasteiger partial charge in [0, 0.05) is 6.42 Å². The first kappa shape index (κ1) is 15.2. The van der Waals surface area contributed by atoms with Crippen LogP contribution in [0.25, 0.3) is 0 Å². The lowest BCUT2D eigenvalue weighted by Gasteiger charge is -2.20. The predicted molar refractivity (Wildman–Crippen MR) is 79.8 cm³/mol. The van der Waals surface area contributed by atoms with Gasteiger partial charge in [-0.25, -0.2) is 0 Å². The van der Waals surface area contributed by atoms with Crippen molar-refractivity contribution in [2.75, 3.05) is 0 Å². The summed E-state index contributed by atoms with van der Waals surface area (Å²) >= 11 is 11.9. The number of nitrogens with zero attached hydrogens (tertiary/aromatic N) is 1. The molecule has 1 rings (SSSR count). The SMILES string of the molecule is CC(C#N)(CCC(=O)Cl)SC(=S)c1ccccc1. The lowest BCUT2D eigenvalue weighted by molar-refractivity contribution is -0.111. The maximum atomic E-state index is 10.8. The number of hydrogen-bond donors (Lipinski definition) is 0. The summed E-state index contributed by atoms with van der Waals surface area (Å²) in [5.41, 5.74) is 0.913. The molecule has 0 fully saturated rings. The highest BCUT2D eigenvalue weighted by Crippen LogP contribution is 2.33. The zero-order valence-electron chi connectivity index (χ0n) is 9.85. The molecule has 0 saturated heterocycles. The zero-order valence-corrected chi connectivity index (χ0v) is 12.2. The van der Waals surface area contributed by atoms with E-state index in [9.17, 15) is 10.1 Å². The van der Waals surface area contributed by atoms with Gasteiger partial charge >= 0.3 is 0 Å². The Balaban J connectivity index is 2.72. The van der Waals surface area contributed by atoms with E-state index in [0.29, 0.717) is 10.6 Å². The molecule has 0 aliphatic rings. The van der Waals surface area contributed by atoms with E-state index in [-0.39, 0.29) is 6.42 Å². The summed E-state index contributed by atoms with van der Waals surface area (Å²) in [7, 11) is 0. The van der Waals surface area contributed by atoms with E-state index in [0.717, 1.165) is 5.56 Å². The Morgan fingerprint density at radius 2 is 2.11 bits per heavy atom. The summed E-state index contributed by atoms with van der Waals surface area (Å²) < 4.78 is -0.0704. The molecule has 5 heteroatoms. The number of rotatable bonds is 5. The fourth-order valence-electron chi connectivity index (χ4n) is 1.30. The van der Waals surface area contributed by atoms with Gasteiger partial charge in [0.2, 0.25) is 5.24 Å². The van der Waals surface area contributed by atoms with E-state index < -0.39 is 9.99 Å². The summed E-state index contributed by atoms with van der Waals surface area (Å²) in [6.07, 6.45) is 0.569. The number of halogens is 1. The van der Waals surface area contributed by atoms with Crippen molar-refractivity contribution in [3.63, 3.8) is 0 Å². The Hall–Kier alpha value is -0.890. The summed E-state index contributed by atoms with van der Waals surface area (Å²) in [5, 5.41) is 8.78. The van der Waals surface area contributed by atoms with Crippen molar-refractivity contribution in [1.82, 2.24) is 0 Å². The standard InChI is InChI=1S/C13H12ClNOS2/c1-13(9-15,8-7-11(14)16)18-12(17)10-5-3-2-4-6-10/h2-6H,7-8H2,1H3. The smallest absolute Gasteiger partial charge is 0.221 e. The number of benzene rings is 1. The van der Waals surface area contributed by atoms with Crippen molar-refractivity contribution in [3.05, 3.63) is 35.9 Å². The highest BCUT2D eigenvalue weighted by atomic mass is 35.5. The van der Waals surface area contributed by atoms with Crippen LogP contribution in [0.3, 0.4) is 0 Å². The molecule has 0 radical (unpaired) electrons. The molecule has 0 N–H and O–H groups in total. The molecular formula is C13H12ClNOS2. The predicted octanol–water partition coefficient (Wildman–Crippen LogP) is 3.92. The van der Waals surface area contributed by atoms with Crippen LogP contribution in [0.1, 0.15) is 25.3 Å². The molecule has 18 heavy (non-hydrogen) atoms. The Bertz CT molecular complexity index is 484. The van der Waals surface area contributed by atoms with E-state index in [1.807, 2.05) is 30.3 Å². The average Bonchev–Trinajstić information content (AvgIpc) is 2.37. The Morgan fingerprint density at radius 1 is 1.50 bits per heavy atom. The molecule has 0 saturated carbocycles. The first-order valence-corrected chi connectivity index (χ1v) is 6.95. The van der Waals surface area contributed by atoms with Crippen LogP contribution in [-0.4, -0.2) is 14.2 Å². The first-order chi connectivity index (χ1) is 8.47. The van der Waals surface area contributed by atoms with E-state index in [1.54, 1.807) is 6.92 Å². The number of carbonyl (C=O) groups is 1. The topological polar surface area (TPSA) is 40.9 Å². The fraction of sp³-hybridized carbons (Fsp3) is 0.308. The van der Waals surface area contributed by atoms with E-state index in [1.165, 1.54) is 11.8 Å². The van der Waals surface area contributed by atoms with Crippen molar-refractivity contribution in [3.8, 4) is 6.07 Å². The minimum absolute atomic E-state index is 0.177. The zero-order chi connectivity index (χ0) is 13.6. The van der Waals surface area contributed by atoms with Crippen molar-refractivity contribution in [1.29, 1.82) is 5.26 Å². The molecule has 1 unspecified atom stereocenters. The van der Waals surface area contributed by atoms with E-state index in [2.05, 4.69) is 6.07 Å². The normalized spacial score (nSPS) is 13.4. The summed E-state index contributed by atoms with van der Waals surface area (Å²) in [5.74, 6) is 0. The van der Waals surface area contributed by atoms with Gasteiger partial charge in [0.15, 0.2) is 0 Å². The van der Waals surface area contributed by atoms with Crippen LogP contribution in [0.4, 0.5) is 0 Å². The fourth-order valence-corrected chi connectivity index (χ4v) is 3.00. The van der Waals surface area contributed by atoms with Crippen LogP contribution >= 0.6 is 35.6 Å². The molecule has 0 heterocycles. The Morgan fingerprint density at radius 3 is 2.61 bits per heavy atom. The molecule has 0 aliphatic carbocycles. The number of hydrogen-bond acceptors (Lipinski definition) is 4. The van der Waals surface area contributed by atoms with Gasteiger partial charge in [-0.2, -0.15) is 5.26 Å². The van der Waals surface area contributed by atoms with Gasteiger partial charge in [-0.05, 0) is 30.5 Å². The lowest BCUT2D eigenvalue weighted by atomic mass is 10.1. The third-order valence-corrected chi connectivity index (χ3v) is 4.20. The molecule has 1 aromatic carbocycles. The number of thiocarbonyl (C=S) groups is 1. The second-order valence-electron chi connectivity index (χ2n) is 3.95. The highest BCUT2D eigenvalue weighted by Gasteiger charge is 2.27. The first-order valence-electron chi connectivity index (χ1n) is 5.35. The second kappa shape index (κ2) is 6.89. The number of nitriles is 1. The molecule has 0 spiro atoms. The molecule has 0 bridgehead atoms. The third-order valence-electron chi connectivity index (χ3n) is 2.36. The number of carbonyl (C=O) groups excluding carboxylic acids is 1. The molecule has 94 valence electrons. The van der Waals surface area contributed by atoms with Crippen LogP contribution in [0.15, 0.2) is 30.3 Å². The van der Waals surface area contributed by atoms with Gasteiger partial charge in [-0.15, -0.1) is 0 Å². The lowest BCUT2D eigenvalue weighted by Crippen LogP contribution is -2.20. The molecule has 0 amide bonds. The summed E-state index contributed by atoms with van der Waals surface area (Å²) in [6.45, 7) is 1.77. The van der Waals surface area contributed by atoms with Gasteiger partial charge in [-0.1, -0.05) is 54.3 Å². The van der Waals surface area contributed by atoms with Crippen molar-refractivity contribution in [2.45, 2.75) is 24.5 Å². The molecule has 2 nitrogen and oxygen atoms in total.